The molecule has 0 unspecified atom stereocenters. The summed E-state index contributed by atoms with van der Waals surface area (Å²) in [6.45, 7) is 4.00. The van der Waals surface area contributed by atoms with Crippen LogP contribution in [0.5, 0.6) is 5.75 Å². The second kappa shape index (κ2) is 10.8. The number of ether oxygens (including phenoxy) is 1. The smallest absolute Gasteiger partial charge is 0.311 e. The van der Waals surface area contributed by atoms with Crippen LogP contribution in [-0.2, 0) is 10.0 Å². The summed E-state index contributed by atoms with van der Waals surface area (Å²) < 4.78 is 30.0. The predicted molar refractivity (Wildman–Crippen MR) is 133 cm³/mol. The van der Waals surface area contributed by atoms with Crippen LogP contribution < -0.4 is 20.3 Å². The highest BCUT2D eigenvalue weighted by Gasteiger charge is 2.23. The van der Waals surface area contributed by atoms with E-state index in [4.69, 9.17) is 17.0 Å². The molecule has 3 rings (SSSR count). The molecule has 0 saturated carbocycles. The fraction of sp³-hybridized carbons (Fsp3) is 0.333. The lowest BCUT2D eigenvalue weighted by atomic mass is 10.1. The maximum atomic E-state index is 12.5. The number of nitrogens with zero attached hydrogens (tertiary/aromatic N) is 3. The van der Waals surface area contributed by atoms with Gasteiger partial charge in [-0.1, -0.05) is 0 Å². The zero-order chi connectivity index (χ0) is 24.9. The Bertz CT molecular complexity index is 1180. The van der Waals surface area contributed by atoms with Gasteiger partial charge in [0.15, 0.2) is 10.9 Å². The van der Waals surface area contributed by atoms with Gasteiger partial charge in [0.25, 0.3) is 5.91 Å². The summed E-state index contributed by atoms with van der Waals surface area (Å²) >= 11 is 5.20. The molecule has 13 heteroatoms. The molecule has 2 aromatic carbocycles. The number of amides is 1. The number of carbonyl (C=O) groups is 1. The number of benzene rings is 2. The molecule has 2 aromatic rings. The SMILES string of the molecule is CCOc1ccc(C(=O)NC(=S)Nc2ccc(N3CCN(S(C)(=O)=O)CC3)cc2)cc1[N+](=O)[O-]. The van der Waals surface area contributed by atoms with E-state index in [-0.39, 0.29) is 28.7 Å². The predicted octanol–water partition coefficient (Wildman–Crippen LogP) is 2.20. The van der Waals surface area contributed by atoms with Gasteiger partial charge in [-0.05, 0) is 55.5 Å². The first-order valence-electron chi connectivity index (χ1n) is 10.4. The van der Waals surface area contributed by atoms with Crippen LogP contribution in [0.2, 0.25) is 0 Å². The van der Waals surface area contributed by atoms with Crippen LogP contribution in [0.3, 0.4) is 0 Å². The van der Waals surface area contributed by atoms with E-state index >= 15 is 0 Å². The summed E-state index contributed by atoms with van der Waals surface area (Å²) in [6.07, 6.45) is 1.21. The number of piperazine rings is 1. The second-order valence-electron chi connectivity index (χ2n) is 7.48. The Balaban J connectivity index is 1.58. The second-order valence-corrected chi connectivity index (χ2v) is 9.87. The fourth-order valence-corrected chi connectivity index (χ4v) is 4.49. The highest BCUT2D eigenvalue weighted by molar-refractivity contribution is 7.88. The lowest BCUT2D eigenvalue weighted by Gasteiger charge is -2.34. The molecule has 11 nitrogen and oxygen atoms in total. The van der Waals surface area contributed by atoms with Crippen molar-refractivity contribution in [2.45, 2.75) is 6.92 Å². The van der Waals surface area contributed by atoms with Crippen LogP contribution >= 0.6 is 12.2 Å². The Hall–Kier alpha value is -3.29. The molecule has 1 heterocycles. The van der Waals surface area contributed by atoms with E-state index in [0.29, 0.717) is 31.9 Å². The van der Waals surface area contributed by atoms with Crippen LogP contribution in [0.15, 0.2) is 42.5 Å². The Morgan fingerprint density at radius 3 is 2.35 bits per heavy atom. The van der Waals surface area contributed by atoms with Crippen LogP contribution in [-0.4, -0.2) is 67.7 Å². The number of nitro groups is 1. The van der Waals surface area contributed by atoms with Crippen LogP contribution in [0.25, 0.3) is 0 Å². The van der Waals surface area contributed by atoms with E-state index in [1.165, 1.54) is 22.7 Å². The Kier molecular flexibility index (Phi) is 8.02. The summed E-state index contributed by atoms with van der Waals surface area (Å²) in [7, 11) is -3.19. The minimum absolute atomic E-state index is 0.0380. The van der Waals surface area contributed by atoms with E-state index in [1.54, 1.807) is 19.1 Å². The summed E-state index contributed by atoms with van der Waals surface area (Å²) in [6, 6.07) is 11.3. The molecule has 0 aromatic heterocycles. The largest absolute Gasteiger partial charge is 0.487 e. The third-order valence-electron chi connectivity index (χ3n) is 5.14. The molecule has 1 fully saturated rings. The van der Waals surface area contributed by atoms with Gasteiger partial charge in [-0.25, -0.2) is 8.42 Å². The average Bonchev–Trinajstić information content (AvgIpc) is 2.79. The van der Waals surface area contributed by atoms with Gasteiger partial charge in [-0.15, -0.1) is 0 Å². The van der Waals surface area contributed by atoms with Crippen LogP contribution in [0.4, 0.5) is 17.1 Å². The molecule has 1 aliphatic rings. The first-order chi connectivity index (χ1) is 16.1. The van der Waals surface area contributed by atoms with Crippen molar-refractivity contribution >= 4 is 50.3 Å². The maximum Gasteiger partial charge on any atom is 0.311 e. The molecule has 34 heavy (non-hydrogen) atoms. The van der Waals surface area contributed by atoms with Crippen molar-refractivity contribution < 1.29 is 22.9 Å². The molecule has 1 aliphatic heterocycles. The zero-order valence-electron chi connectivity index (χ0n) is 18.7. The number of nitro benzene ring substituents is 1. The number of sulfonamides is 1. The van der Waals surface area contributed by atoms with Gasteiger partial charge in [0.05, 0.1) is 17.8 Å². The number of carbonyl (C=O) groups excluding carboxylic acids is 1. The van der Waals surface area contributed by atoms with Crippen LogP contribution in [0, 0.1) is 10.1 Å². The molecule has 0 atom stereocenters. The third kappa shape index (κ3) is 6.40. The molecule has 182 valence electrons. The number of nitrogens with one attached hydrogen (secondary N) is 2. The molecule has 0 bridgehead atoms. The fourth-order valence-electron chi connectivity index (χ4n) is 3.45. The van der Waals surface area contributed by atoms with Crippen molar-refractivity contribution in [3.8, 4) is 5.75 Å². The van der Waals surface area contributed by atoms with Crippen molar-refractivity contribution in [2.24, 2.45) is 0 Å². The van der Waals surface area contributed by atoms with Gasteiger partial charge >= 0.3 is 5.69 Å². The standard InChI is InChI=1S/C21H25N5O6S2/c1-3-32-19-9-4-15(14-18(19)26(28)29)20(27)23-21(33)22-16-5-7-17(8-6-16)24-10-12-25(13-11-24)34(2,30)31/h4-9,14H,3,10-13H2,1-2H3,(H2,22,23,27,33). The lowest BCUT2D eigenvalue weighted by molar-refractivity contribution is -0.385. The molecule has 0 spiro atoms. The van der Waals surface area contributed by atoms with E-state index in [9.17, 15) is 23.3 Å². The van der Waals surface area contributed by atoms with E-state index < -0.39 is 20.9 Å². The Labute approximate surface area is 202 Å². The van der Waals surface area contributed by atoms with Gasteiger partial charge in [-0.2, -0.15) is 4.31 Å². The zero-order valence-corrected chi connectivity index (χ0v) is 20.3. The third-order valence-corrected chi connectivity index (χ3v) is 6.65. The molecule has 0 aliphatic carbocycles. The highest BCUT2D eigenvalue weighted by Crippen LogP contribution is 2.28. The Morgan fingerprint density at radius 1 is 1.15 bits per heavy atom. The summed E-state index contributed by atoms with van der Waals surface area (Å²) in [5.41, 5.74) is 1.35. The summed E-state index contributed by atoms with van der Waals surface area (Å²) in [4.78, 5) is 25.2. The summed E-state index contributed by atoms with van der Waals surface area (Å²) in [5.74, 6) is -0.508. The average molecular weight is 508 g/mol. The monoisotopic (exact) mass is 507 g/mol. The number of anilines is 2. The molecule has 1 saturated heterocycles. The van der Waals surface area contributed by atoms with Crippen molar-refractivity contribution in [2.75, 3.05) is 49.3 Å². The quantitative estimate of drug-likeness (QED) is 0.329. The molecule has 2 N–H and O–H groups in total. The lowest BCUT2D eigenvalue weighted by Crippen LogP contribution is -2.48. The maximum absolute atomic E-state index is 12.5. The number of rotatable bonds is 7. The van der Waals surface area contributed by atoms with Crippen molar-refractivity contribution in [3.63, 3.8) is 0 Å². The van der Waals surface area contributed by atoms with Gasteiger partial charge in [0, 0.05) is 49.2 Å². The molecule has 0 radical (unpaired) electrons. The van der Waals surface area contributed by atoms with Crippen molar-refractivity contribution in [3.05, 3.63) is 58.1 Å². The van der Waals surface area contributed by atoms with Gasteiger partial charge in [-0.3, -0.25) is 20.2 Å². The number of hydrogen-bond donors (Lipinski definition) is 2. The van der Waals surface area contributed by atoms with E-state index in [0.717, 1.165) is 11.8 Å². The minimum Gasteiger partial charge on any atom is -0.487 e. The van der Waals surface area contributed by atoms with Crippen molar-refractivity contribution in [1.29, 1.82) is 0 Å². The van der Waals surface area contributed by atoms with Gasteiger partial charge in [0.1, 0.15) is 0 Å². The van der Waals surface area contributed by atoms with E-state index in [2.05, 4.69) is 15.5 Å². The number of hydrogen-bond acceptors (Lipinski definition) is 8. The van der Waals surface area contributed by atoms with Crippen molar-refractivity contribution in [1.82, 2.24) is 9.62 Å². The van der Waals surface area contributed by atoms with E-state index in [1.807, 2.05) is 12.1 Å². The van der Waals surface area contributed by atoms with Gasteiger partial charge < -0.3 is 15.0 Å². The summed E-state index contributed by atoms with van der Waals surface area (Å²) in [5, 5.41) is 16.7. The van der Waals surface area contributed by atoms with Crippen LogP contribution in [0.1, 0.15) is 17.3 Å². The first-order valence-corrected chi connectivity index (χ1v) is 12.7. The van der Waals surface area contributed by atoms with Gasteiger partial charge in [0.2, 0.25) is 10.0 Å². The normalized spacial score (nSPS) is 14.4. The minimum atomic E-state index is -3.19. The molecular weight excluding hydrogens is 482 g/mol. The molecular formula is C21H25N5O6S2. The Morgan fingerprint density at radius 2 is 1.79 bits per heavy atom. The topological polar surface area (TPSA) is 134 Å². The first kappa shape index (κ1) is 25.3. The molecule has 1 amide bonds. The number of thiocarbonyl (C=S) groups is 1. The highest BCUT2D eigenvalue weighted by atomic mass is 32.2.